The lowest BCUT2D eigenvalue weighted by Crippen LogP contribution is -2.37. The van der Waals surface area contributed by atoms with E-state index < -0.39 is 21.7 Å². The third kappa shape index (κ3) is 4.28. The van der Waals surface area contributed by atoms with Gasteiger partial charge < -0.3 is 5.32 Å². The summed E-state index contributed by atoms with van der Waals surface area (Å²) in [6.07, 6.45) is 0.772. The van der Waals surface area contributed by atoms with Gasteiger partial charge in [-0.2, -0.15) is 0 Å². The highest BCUT2D eigenvalue weighted by Crippen LogP contribution is 2.20. The molecule has 1 rings (SSSR count). The van der Waals surface area contributed by atoms with E-state index in [0.717, 1.165) is 18.6 Å². The Morgan fingerprint density at radius 2 is 1.80 bits per heavy atom. The highest BCUT2D eigenvalue weighted by molar-refractivity contribution is 7.89. The summed E-state index contributed by atoms with van der Waals surface area (Å²) >= 11 is 0. The average Bonchev–Trinajstić information content (AvgIpc) is 2.32. The lowest BCUT2D eigenvalue weighted by molar-refractivity contribution is -0.119. The largest absolute Gasteiger partial charge is 0.355 e. The molecule has 7 heteroatoms. The van der Waals surface area contributed by atoms with Crippen LogP contribution in [0, 0.1) is 19.7 Å². The lowest BCUT2D eigenvalue weighted by atomic mass is 10.1. The molecule has 1 aromatic carbocycles. The molecule has 5 nitrogen and oxygen atoms in total. The highest BCUT2D eigenvalue weighted by atomic mass is 32.2. The number of sulfonamides is 1. The van der Waals surface area contributed by atoms with E-state index >= 15 is 0 Å². The van der Waals surface area contributed by atoms with Crippen molar-refractivity contribution in [2.75, 3.05) is 13.1 Å². The summed E-state index contributed by atoms with van der Waals surface area (Å²) in [5, 5.41) is 2.57. The topological polar surface area (TPSA) is 75.3 Å². The molecule has 0 radical (unpaired) electrons. The van der Waals surface area contributed by atoms with Gasteiger partial charge in [-0.25, -0.2) is 17.5 Å². The molecule has 112 valence electrons. The second-order valence-corrected chi connectivity index (χ2v) is 6.25. The van der Waals surface area contributed by atoms with E-state index in [2.05, 4.69) is 10.0 Å². The van der Waals surface area contributed by atoms with E-state index in [9.17, 15) is 17.6 Å². The summed E-state index contributed by atoms with van der Waals surface area (Å²) in [5.41, 5.74) is 0.618. The van der Waals surface area contributed by atoms with Crippen LogP contribution < -0.4 is 10.0 Å². The van der Waals surface area contributed by atoms with Crippen molar-refractivity contribution >= 4 is 15.9 Å². The van der Waals surface area contributed by atoms with Crippen LogP contribution in [0.1, 0.15) is 24.5 Å². The normalized spacial score (nSPS) is 11.4. The van der Waals surface area contributed by atoms with Crippen molar-refractivity contribution in [3.63, 3.8) is 0 Å². The highest BCUT2D eigenvalue weighted by Gasteiger charge is 2.21. The van der Waals surface area contributed by atoms with Crippen LogP contribution >= 0.6 is 0 Å². The third-order valence-electron chi connectivity index (χ3n) is 2.69. The molecule has 0 saturated carbocycles. The second-order valence-electron chi connectivity index (χ2n) is 4.54. The molecule has 2 N–H and O–H groups in total. The number of amides is 1. The van der Waals surface area contributed by atoms with Gasteiger partial charge in [0.15, 0.2) is 0 Å². The number of aryl methyl sites for hydroxylation is 2. The van der Waals surface area contributed by atoms with E-state index in [1.165, 1.54) is 13.8 Å². The smallest absolute Gasteiger partial charge is 0.241 e. The quantitative estimate of drug-likeness (QED) is 0.830. The number of halogens is 1. The number of carbonyl (C=O) groups excluding carboxylic acids is 1. The Hall–Kier alpha value is -1.47. The molecule has 0 aromatic heterocycles. The van der Waals surface area contributed by atoms with Gasteiger partial charge in [-0.3, -0.25) is 4.79 Å². The Morgan fingerprint density at radius 3 is 2.30 bits per heavy atom. The monoisotopic (exact) mass is 302 g/mol. The van der Waals surface area contributed by atoms with Crippen molar-refractivity contribution in [3.8, 4) is 0 Å². The first-order valence-electron chi connectivity index (χ1n) is 6.31. The van der Waals surface area contributed by atoms with Crippen LogP contribution in [-0.4, -0.2) is 27.4 Å². The Morgan fingerprint density at radius 1 is 1.25 bits per heavy atom. The Kier molecular flexibility index (Phi) is 5.64. The summed E-state index contributed by atoms with van der Waals surface area (Å²) in [5.74, 6) is -0.882. The molecule has 0 heterocycles. The first kappa shape index (κ1) is 16.6. The molecule has 0 spiro atoms. The number of nitrogens with one attached hydrogen (secondary N) is 2. The van der Waals surface area contributed by atoms with E-state index in [4.69, 9.17) is 0 Å². The van der Waals surface area contributed by atoms with Gasteiger partial charge in [0.2, 0.25) is 15.9 Å². The minimum atomic E-state index is -3.84. The first-order chi connectivity index (χ1) is 9.27. The van der Waals surface area contributed by atoms with E-state index in [-0.39, 0.29) is 11.4 Å². The number of benzene rings is 1. The molecule has 0 bridgehead atoms. The second kappa shape index (κ2) is 6.81. The van der Waals surface area contributed by atoms with Crippen molar-refractivity contribution in [1.29, 1.82) is 0 Å². The zero-order valence-corrected chi connectivity index (χ0v) is 12.6. The zero-order chi connectivity index (χ0) is 15.3. The van der Waals surface area contributed by atoms with Gasteiger partial charge in [-0.05, 0) is 43.5 Å². The van der Waals surface area contributed by atoms with Crippen LogP contribution in [0.4, 0.5) is 4.39 Å². The van der Waals surface area contributed by atoms with Crippen molar-refractivity contribution in [2.24, 2.45) is 0 Å². The van der Waals surface area contributed by atoms with Gasteiger partial charge in [0.25, 0.3) is 0 Å². The van der Waals surface area contributed by atoms with Crippen molar-refractivity contribution in [3.05, 3.63) is 29.1 Å². The number of carbonyl (C=O) groups is 1. The predicted molar refractivity (Wildman–Crippen MR) is 74.4 cm³/mol. The molecule has 0 saturated heterocycles. The van der Waals surface area contributed by atoms with Gasteiger partial charge in [0.1, 0.15) is 5.82 Å². The first-order valence-corrected chi connectivity index (χ1v) is 7.79. The van der Waals surface area contributed by atoms with Crippen LogP contribution in [-0.2, 0) is 14.8 Å². The van der Waals surface area contributed by atoms with Crippen LogP contribution in [0.15, 0.2) is 17.0 Å². The molecule has 0 fully saturated rings. The Bertz CT molecular complexity index is 577. The molecule has 0 aliphatic carbocycles. The fourth-order valence-corrected chi connectivity index (χ4v) is 3.31. The maximum absolute atomic E-state index is 13.2. The number of rotatable bonds is 6. The number of hydrogen-bond donors (Lipinski definition) is 2. The van der Waals surface area contributed by atoms with Gasteiger partial charge in [-0.1, -0.05) is 6.92 Å². The molecule has 1 aromatic rings. The molecule has 0 unspecified atom stereocenters. The maximum atomic E-state index is 13.2. The van der Waals surface area contributed by atoms with E-state index in [0.29, 0.717) is 17.7 Å². The van der Waals surface area contributed by atoms with E-state index in [1.54, 1.807) is 0 Å². The van der Waals surface area contributed by atoms with Gasteiger partial charge >= 0.3 is 0 Å². The standard InChI is InChI=1S/C13H19FN2O3S/c1-4-5-15-12(17)8-16-20(18,19)13-9(2)6-11(14)7-10(13)3/h6-7,16H,4-5,8H2,1-3H3,(H,15,17). The SMILES string of the molecule is CCCNC(=O)CNS(=O)(=O)c1c(C)cc(F)cc1C. The Labute approximate surface area is 118 Å². The van der Waals surface area contributed by atoms with Crippen LogP contribution in [0.25, 0.3) is 0 Å². The minimum Gasteiger partial charge on any atom is -0.355 e. The van der Waals surface area contributed by atoms with E-state index in [1.807, 2.05) is 6.92 Å². The molecule has 20 heavy (non-hydrogen) atoms. The molecule has 0 atom stereocenters. The molecule has 1 amide bonds. The summed E-state index contributed by atoms with van der Waals surface area (Å²) in [6.45, 7) is 5.09. The van der Waals surface area contributed by atoms with Gasteiger partial charge in [-0.15, -0.1) is 0 Å². The van der Waals surface area contributed by atoms with Crippen LogP contribution in [0.5, 0.6) is 0 Å². The fourth-order valence-electron chi connectivity index (χ4n) is 1.88. The predicted octanol–water partition coefficient (Wildman–Crippen LogP) is 1.25. The maximum Gasteiger partial charge on any atom is 0.241 e. The van der Waals surface area contributed by atoms with Crippen molar-refractivity contribution < 1.29 is 17.6 Å². The third-order valence-corrected chi connectivity index (χ3v) is 4.39. The molecular weight excluding hydrogens is 283 g/mol. The van der Waals surface area contributed by atoms with Crippen LogP contribution in [0.2, 0.25) is 0 Å². The van der Waals surface area contributed by atoms with Gasteiger partial charge in [0, 0.05) is 6.54 Å². The van der Waals surface area contributed by atoms with Crippen molar-refractivity contribution in [1.82, 2.24) is 10.0 Å². The summed E-state index contributed by atoms with van der Waals surface area (Å²) < 4.78 is 39.7. The lowest BCUT2D eigenvalue weighted by Gasteiger charge is -2.12. The van der Waals surface area contributed by atoms with Crippen molar-refractivity contribution in [2.45, 2.75) is 32.1 Å². The number of hydrogen-bond acceptors (Lipinski definition) is 3. The minimum absolute atomic E-state index is 0.0159. The molecule has 0 aliphatic heterocycles. The summed E-state index contributed by atoms with van der Waals surface area (Å²) in [7, 11) is -3.84. The van der Waals surface area contributed by atoms with Crippen LogP contribution in [0.3, 0.4) is 0 Å². The molecule has 0 aliphatic rings. The fraction of sp³-hybridized carbons (Fsp3) is 0.462. The zero-order valence-electron chi connectivity index (χ0n) is 11.8. The summed E-state index contributed by atoms with van der Waals surface area (Å²) in [6, 6.07) is 2.30. The van der Waals surface area contributed by atoms with Gasteiger partial charge in [0.05, 0.1) is 11.4 Å². The Balaban J connectivity index is 2.87. The molecular formula is C13H19FN2O3S. The summed E-state index contributed by atoms with van der Waals surface area (Å²) in [4.78, 5) is 11.4. The average molecular weight is 302 g/mol.